The van der Waals surface area contributed by atoms with E-state index in [2.05, 4.69) is 17.1 Å². The molecule has 1 aromatic carbocycles. The highest BCUT2D eigenvalue weighted by Crippen LogP contribution is 2.14. The molecule has 3 heteroatoms. The van der Waals surface area contributed by atoms with E-state index in [0.717, 1.165) is 17.7 Å². The summed E-state index contributed by atoms with van der Waals surface area (Å²) in [5.41, 5.74) is 8.06. The number of ether oxygens (including phenoxy) is 1. The normalized spacial score (nSPS) is 12.1. The van der Waals surface area contributed by atoms with Gasteiger partial charge in [-0.3, -0.25) is 4.98 Å². The molecule has 0 bridgehead atoms. The van der Waals surface area contributed by atoms with Crippen LogP contribution in [0.2, 0.25) is 0 Å². The van der Waals surface area contributed by atoms with Gasteiger partial charge < -0.3 is 10.5 Å². The molecule has 0 aliphatic heterocycles. The smallest absolute Gasteiger partial charge is 0.119 e. The highest BCUT2D eigenvalue weighted by atomic mass is 16.5. The Morgan fingerprint density at radius 1 is 1.17 bits per heavy atom. The van der Waals surface area contributed by atoms with Crippen LogP contribution in [0.1, 0.15) is 18.1 Å². The van der Waals surface area contributed by atoms with E-state index >= 15 is 0 Å². The quantitative estimate of drug-likeness (QED) is 0.876. The van der Waals surface area contributed by atoms with Gasteiger partial charge in [0, 0.05) is 24.0 Å². The standard InChI is InChI=1S/C15H18N2O/c1-12(16)9-13-4-6-15(7-5-13)18-11-14-3-2-8-17-10-14/h2-8,10,12H,9,11,16H2,1H3. The molecule has 94 valence electrons. The molecule has 1 atom stereocenters. The van der Waals surface area contributed by atoms with Crippen molar-refractivity contribution in [3.63, 3.8) is 0 Å². The maximum atomic E-state index is 5.76. The summed E-state index contributed by atoms with van der Waals surface area (Å²) < 4.78 is 5.68. The Morgan fingerprint density at radius 2 is 1.94 bits per heavy atom. The predicted molar refractivity (Wildman–Crippen MR) is 72.4 cm³/mol. The fourth-order valence-corrected chi connectivity index (χ4v) is 1.74. The zero-order chi connectivity index (χ0) is 12.8. The molecule has 1 unspecified atom stereocenters. The molecule has 0 fully saturated rings. The second kappa shape index (κ2) is 6.17. The molecule has 2 N–H and O–H groups in total. The molecule has 0 radical (unpaired) electrons. The van der Waals surface area contributed by atoms with Crippen LogP contribution in [0, 0.1) is 0 Å². The average molecular weight is 242 g/mol. The lowest BCUT2D eigenvalue weighted by atomic mass is 10.1. The first-order valence-corrected chi connectivity index (χ1v) is 6.10. The summed E-state index contributed by atoms with van der Waals surface area (Å²) in [5, 5.41) is 0. The summed E-state index contributed by atoms with van der Waals surface area (Å²) in [6.07, 6.45) is 4.46. The SMILES string of the molecule is CC(N)Cc1ccc(OCc2cccnc2)cc1. The Morgan fingerprint density at radius 3 is 2.56 bits per heavy atom. The summed E-state index contributed by atoms with van der Waals surface area (Å²) in [6, 6.07) is 12.2. The number of benzene rings is 1. The lowest BCUT2D eigenvalue weighted by Crippen LogP contribution is -2.17. The van der Waals surface area contributed by atoms with Crippen LogP contribution in [0.5, 0.6) is 5.75 Å². The zero-order valence-corrected chi connectivity index (χ0v) is 10.5. The number of nitrogens with zero attached hydrogens (tertiary/aromatic N) is 1. The Hall–Kier alpha value is -1.87. The van der Waals surface area contributed by atoms with Crippen LogP contribution in [-0.4, -0.2) is 11.0 Å². The minimum atomic E-state index is 0.187. The van der Waals surface area contributed by atoms with Gasteiger partial charge in [-0.15, -0.1) is 0 Å². The van der Waals surface area contributed by atoms with E-state index in [0.29, 0.717) is 6.61 Å². The fraction of sp³-hybridized carbons (Fsp3) is 0.267. The van der Waals surface area contributed by atoms with Gasteiger partial charge >= 0.3 is 0 Å². The van der Waals surface area contributed by atoms with Crippen LogP contribution in [0.3, 0.4) is 0 Å². The lowest BCUT2D eigenvalue weighted by molar-refractivity contribution is 0.305. The second-order valence-corrected chi connectivity index (χ2v) is 4.48. The Labute approximate surface area is 108 Å². The Bertz CT molecular complexity index is 466. The molecule has 0 aliphatic rings. The van der Waals surface area contributed by atoms with Crippen molar-refractivity contribution in [2.24, 2.45) is 5.73 Å². The summed E-state index contributed by atoms with van der Waals surface area (Å²) in [7, 11) is 0. The first-order valence-electron chi connectivity index (χ1n) is 6.10. The number of hydrogen-bond donors (Lipinski definition) is 1. The zero-order valence-electron chi connectivity index (χ0n) is 10.5. The topological polar surface area (TPSA) is 48.1 Å². The highest BCUT2D eigenvalue weighted by molar-refractivity contribution is 5.28. The van der Waals surface area contributed by atoms with E-state index in [1.54, 1.807) is 6.20 Å². The van der Waals surface area contributed by atoms with Crippen LogP contribution < -0.4 is 10.5 Å². The minimum absolute atomic E-state index is 0.187. The minimum Gasteiger partial charge on any atom is -0.489 e. The Kier molecular flexibility index (Phi) is 4.31. The number of nitrogens with two attached hydrogens (primary N) is 1. The van der Waals surface area contributed by atoms with Gasteiger partial charge in [-0.25, -0.2) is 0 Å². The summed E-state index contributed by atoms with van der Waals surface area (Å²) in [6.45, 7) is 2.55. The van der Waals surface area contributed by atoms with Crippen molar-refractivity contribution < 1.29 is 4.74 Å². The largest absolute Gasteiger partial charge is 0.489 e. The third-order valence-corrected chi connectivity index (χ3v) is 2.61. The number of aromatic nitrogens is 1. The average Bonchev–Trinajstić information content (AvgIpc) is 2.38. The van der Waals surface area contributed by atoms with Gasteiger partial charge in [-0.1, -0.05) is 18.2 Å². The van der Waals surface area contributed by atoms with E-state index in [1.807, 2.05) is 37.4 Å². The monoisotopic (exact) mass is 242 g/mol. The second-order valence-electron chi connectivity index (χ2n) is 4.48. The van der Waals surface area contributed by atoms with Crippen LogP contribution in [0.25, 0.3) is 0 Å². The maximum Gasteiger partial charge on any atom is 0.119 e. The first kappa shape index (κ1) is 12.6. The molecular weight excluding hydrogens is 224 g/mol. The van der Waals surface area contributed by atoms with Crippen molar-refractivity contribution >= 4 is 0 Å². The highest BCUT2D eigenvalue weighted by Gasteiger charge is 1.99. The summed E-state index contributed by atoms with van der Waals surface area (Å²) in [5.74, 6) is 0.868. The van der Waals surface area contributed by atoms with Crippen molar-refractivity contribution in [2.75, 3.05) is 0 Å². The predicted octanol–water partition coefficient (Wildman–Crippen LogP) is 2.55. The molecule has 0 saturated carbocycles. The van der Waals surface area contributed by atoms with Crippen molar-refractivity contribution in [1.82, 2.24) is 4.98 Å². The number of rotatable bonds is 5. The molecule has 0 saturated heterocycles. The molecule has 1 aromatic heterocycles. The Balaban J connectivity index is 1.90. The van der Waals surface area contributed by atoms with Crippen LogP contribution >= 0.6 is 0 Å². The third kappa shape index (κ3) is 3.86. The lowest BCUT2D eigenvalue weighted by Gasteiger charge is -2.08. The van der Waals surface area contributed by atoms with E-state index in [-0.39, 0.29) is 6.04 Å². The molecular formula is C15H18N2O. The van der Waals surface area contributed by atoms with Crippen LogP contribution in [0.15, 0.2) is 48.8 Å². The van der Waals surface area contributed by atoms with Gasteiger partial charge in [0.25, 0.3) is 0 Å². The van der Waals surface area contributed by atoms with Gasteiger partial charge in [-0.05, 0) is 37.1 Å². The van der Waals surface area contributed by atoms with E-state index in [4.69, 9.17) is 10.5 Å². The number of pyridine rings is 1. The molecule has 0 amide bonds. The van der Waals surface area contributed by atoms with Gasteiger partial charge in [0.2, 0.25) is 0 Å². The molecule has 18 heavy (non-hydrogen) atoms. The maximum absolute atomic E-state index is 5.76. The van der Waals surface area contributed by atoms with Gasteiger partial charge in [0.05, 0.1) is 0 Å². The summed E-state index contributed by atoms with van der Waals surface area (Å²) in [4.78, 5) is 4.05. The molecule has 3 nitrogen and oxygen atoms in total. The summed E-state index contributed by atoms with van der Waals surface area (Å²) >= 11 is 0. The molecule has 0 spiro atoms. The molecule has 2 rings (SSSR count). The molecule has 1 heterocycles. The molecule has 0 aliphatic carbocycles. The first-order chi connectivity index (χ1) is 8.74. The van der Waals surface area contributed by atoms with Crippen molar-refractivity contribution in [3.05, 3.63) is 59.9 Å². The van der Waals surface area contributed by atoms with E-state index in [1.165, 1.54) is 5.56 Å². The fourth-order valence-electron chi connectivity index (χ4n) is 1.74. The molecule has 2 aromatic rings. The van der Waals surface area contributed by atoms with Gasteiger partial charge in [0.15, 0.2) is 0 Å². The van der Waals surface area contributed by atoms with Crippen molar-refractivity contribution in [1.29, 1.82) is 0 Å². The van der Waals surface area contributed by atoms with E-state index in [9.17, 15) is 0 Å². The van der Waals surface area contributed by atoms with Crippen molar-refractivity contribution in [3.8, 4) is 5.75 Å². The number of hydrogen-bond acceptors (Lipinski definition) is 3. The third-order valence-electron chi connectivity index (χ3n) is 2.61. The van der Waals surface area contributed by atoms with Gasteiger partial charge in [0.1, 0.15) is 12.4 Å². The van der Waals surface area contributed by atoms with E-state index < -0.39 is 0 Å². The van der Waals surface area contributed by atoms with Crippen LogP contribution in [0.4, 0.5) is 0 Å². The van der Waals surface area contributed by atoms with Gasteiger partial charge in [-0.2, -0.15) is 0 Å². The van der Waals surface area contributed by atoms with Crippen LogP contribution in [-0.2, 0) is 13.0 Å². The van der Waals surface area contributed by atoms with Crippen molar-refractivity contribution in [2.45, 2.75) is 26.0 Å².